The number of hydrogen-bond acceptors (Lipinski definition) is 4. The molecule has 2 rings (SSSR count). The van der Waals surface area contributed by atoms with Crippen LogP contribution in [0.4, 0.5) is 0 Å². The van der Waals surface area contributed by atoms with Gasteiger partial charge < -0.3 is 20.3 Å². The minimum atomic E-state index is 0.0717. The van der Waals surface area contributed by atoms with Crippen molar-refractivity contribution in [3.05, 3.63) is 0 Å². The first kappa shape index (κ1) is 18.0. The summed E-state index contributed by atoms with van der Waals surface area (Å²) < 4.78 is 4.93. The molecule has 1 aliphatic carbocycles. The minimum absolute atomic E-state index is 0.0717. The van der Waals surface area contributed by atoms with Gasteiger partial charge in [-0.2, -0.15) is 0 Å². The number of nitrogens with zero attached hydrogens (tertiary/aromatic N) is 3. The van der Waals surface area contributed by atoms with E-state index in [2.05, 4.69) is 25.4 Å². The Labute approximate surface area is 139 Å². The summed E-state index contributed by atoms with van der Waals surface area (Å²) in [6.07, 6.45) is 4.04. The standard InChI is InChI=1S/C16H31N5O2/c1-17-16(19-6-5-14-3-4-14)21-10-8-20(9-11-21)13-15(22)18-7-12-23-2/h14H,3-13H2,1-2H3,(H,17,19)(H,18,22). The summed E-state index contributed by atoms with van der Waals surface area (Å²) >= 11 is 0. The summed E-state index contributed by atoms with van der Waals surface area (Å²) in [5.41, 5.74) is 0. The van der Waals surface area contributed by atoms with Crippen molar-refractivity contribution in [2.45, 2.75) is 19.3 Å². The lowest BCUT2D eigenvalue weighted by Gasteiger charge is -2.36. The van der Waals surface area contributed by atoms with Gasteiger partial charge in [0.15, 0.2) is 5.96 Å². The molecule has 1 saturated carbocycles. The lowest BCUT2D eigenvalue weighted by atomic mass is 10.3. The molecule has 0 aromatic carbocycles. The van der Waals surface area contributed by atoms with Crippen molar-refractivity contribution in [3.8, 4) is 0 Å². The van der Waals surface area contributed by atoms with E-state index in [4.69, 9.17) is 4.74 Å². The molecule has 0 bridgehead atoms. The molecular weight excluding hydrogens is 294 g/mol. The highest BCUT2D eigenvalue weighted by Gasteiger charge is 2.23. The molecule has 1 heterocycles. The lowest BCUT2D eigenvalue weighted by molar-refractivity contribution is -0.122. The summed E-state index contributed by atoms with van der Waals surface area (Å²) in [6.45, 7) is 6.21. The third-order valence-electron chi connectivity index (χ3n) is 4.41. The molecule has 1 saturated heterocycles. The van der Waals surface area contributed by atoms with E-state index in [0.29, 0.717) is 19.7 Å². The predicted molar refractivity (Wildman–Crippen MR) is 91.6 cm³/mol. The van der Waals surface area contributed by atoms with E-state index in [1.165, 1.54) is 19.3 Å². The maximum absolute atomic E-state index is 11.8. The number of methoxy groups -OCH3 is 1. The Hall–Kier alpha value is -1.34. The van der Waals surface area contributed by atoms with Crippen LogP contribution in [-0.4, -0.2) is 88.2 Å². The molecule has 1 amide bonds. The number of carbonyl (C=O) groups is 1. The van der Waals surface area contributed by atoms with Crippen LogP contribution in [0, 0.1) is 5.92 Å². The van der Waals surface area contributed by atoms with Crippen LogP contribution in [0.25, 0.3) is 0 Å². The Morgan fingerprint density at radius 2 is 1.91 bits per heavy atom. The molecule has 132 valence electrons. The summed E-state index contributed by atoms with van der Waals surface area (Å²) in [5.74, 6) is 2.01. The molecule has 0 aromatic rings. The van der Waals surface area contributed by atoms with Crippen LogP contribution >= 0.6 is 0 Å². The summed E-state index contributed by atoms with van der Waals surface area (Å²) in [4.78, 5) is 20.7. The van der Waals surface area contributed by atoms with Crippen molar-refractivity contribution < 1.29 is 9.53 Å². The van der Waals surface area contributed by atoms with Crippen molar-refractivity contribution in [2.75, 3.05) is 66.6 Å². The van der Waals surface area contributed by atoms with Crippen molar-refractivity contribution in [3.63, 3.8) is 0 Å². The number of ether oxygens (including phenoxy) is 1. The zero-order valence-corrected chi connectivity index (χ0v) is 14.5. The smallest absolute Gasteiger partial charge is 0.234 e. The monoisotopic (exact) mass is 325 g/mol. The Morgan fingerprint density at radius 3 is 2.52 bits per heavy atom. The highest BCUT2D eigenvalue weighted by molar-refractivity contribution is 5.80. The molecule has 0 atom stereocenters. The minimum Gasteiger partial charge on any atom is -0.383 e. The number of amides is 1. The van der Waals surface area contributed by atoms with Gasteiger partial charge in [-0.1, -0.05) is 12.8 Å². The van der Waals surface area contributed by atoms with E-state index in [-0.39, 0.29) is 5.91 Å². The van der Waals surface area contributed by atoms with Crippen LogP contribution in [0.5, 0.6) is 0 Å². The first-order chi connectivity index (χ1) is 11.2. The van der Waals surface area contributed by atoms with Gasteiger partial charge in [-0.3, -0.25) is 14.7 Å². The van der Waals surface area contributed by atoms with Gasteiger partial charge in [-0.25, -0.2) is 0 Å². The van der Waals surface area contributed by atoms with Crippen LogP contribution in [0.15, 0.2) is 4.99 Å². The van der Waals surface area contributed by atoms with Crippen molar-refractivity contribution in [1.29, 1.82) is 0 Å². The molecule has 1 aliphatic heterocycles. The van der Waals surface area contributed by atoms with E-state index in [0.717, 1.165) is 44.6 Å². The third-order valence-corrected chi connectivity index (χ3v) is 4.41. The Balaban J connectivity index is 1.62. The van der Waals surface area contributed by atoms with Gasteiger partial charge >= 0.3 is 0 Å². The van der Waals surface area contributed by atoms with E-state index in [9.17, 15) is 4.79 Å². The number of hydrogen-bond donors (Lipinski definition) is 2. The van der Waals surface area contributed by atoms with Gasteiger partial charge in [0.2, 0.25) is 5.91 Å². The first-order valence-corrected chi connectivity index (χ1v) is 8.66. The molecule has 2 aliphatic rings. The Morgan fingerprint density at radius 1 is 1.17 bits per heavy atom. The van der Waals surface area contributed by atoms with Gasteiger partial charge in [0, 0.05) is 53.4 Å². The van der Waals surface area contributed by atoms with Gasteiger partial charge in [0.25, 0.3) is 0 Å². The van der Waals surface area contributed by atoms with Crippen LogP contribution in [0.1, 0.15) is 19.3 Å². The molecule has 2 N–H and O–H groups in total. The molecule has 2 fully saturated rings. The van der Waals surface area contributed by atoms with E-state index < -0.39 is 0 Å². The number of rotatable bonds is 8. The van der Waals surface area contributed by atoms with Crippen molar-refractivity contribution in [1.82, 2.24) is 20.4 Å². The Kier molecular flexibility index (Phi) is 7.61. The second kappa shape index (κ2) is 9.72. The second-order valence-electron chi connectivity index (χ2n) is 6.31. The number of aliphatic imine (C=N–C) groups is 1. The molecule has 0 unspecified atom stereocenters. The predicted octanol–water partition coefficient (Wildman–Crippen LogP) is -0.258. The average Bonchev–Trinajstić information content (AvgIpc) is 3.37. The second-order valence-corrected chi connectivity index (χ2v) is 6.31. The fourth-order valence-electron chi connectivity index (χ4n) is 2.80. The summed E-state index contributed by atoms with van der Waals surface area (Å²) in [5, 5.41) is 6.33. The topological polar surface area (TPSA) is 69.2 Å². The van der Waals surface area contributed by atoms with Crippen LogP contribution in [0.2, 0.25) is 0 Å². The molecule has 0 radical (unpaired) electrons. The number of guanidine groups is 1. The quantitative estimate of drug-likeness (QED) is 0.366. The number of nitrogens with one attached hydrogen (secondary N) is 2. The van der Waals surface area contributed by atoms with Crippen LogP contribution in [-0.2, 0) is 9.53 Å². The highest BCUT2D eigenvalue weighted by Crippen LogP contribution is 2.31. The fraction of sp³-hybridized carbons (Fsp3) is 0.875. The fourth-order valence-corrected chi connectivity index (χ4v) is 2.80. The molecule has 7 nitrogen and oxygen atoms in total. The maximum Gasteiger partial charge on any atom is 0.234 e. The van der Waals surface area contributed by atoms with Gasteiger partial charge in [-0.05, 0) is 12.3 Å². The lowest BCUT2D eigenvalue weighted by Crippen LogP contribution is -2.54. The van der Waals surface area contributed by atoms with E-state index in [1.54, 1.807) is 7.11 Å². The summed E-state index contributed by atoms with van der Waals surface area (Å²) in [7, 11) is 3.48. The number of carbonyl (C=O) groups excluding carboxylic acids is 1. The van der Waals surface area contributed by atoms with Crippen LogP contribution < -0.4 is 10.6 Å². The Bertz CT molecular complexity index is 390. The maximum atomic E-state index is 11.8. The SMILES string of the molecule is CN=C(NCCC1CC1)N1CCN(CC(=O)NCCOC)CC1. The van der Waals surface area contributed by atoms with E-state index >= 15 is 0 Å². The molecule has 23 heavy (non-hydrogen) atoms. The van der Waals surface area contributed by atoms with Gasteiger partial charge in [0.1, 0.15) is 0 Å². The third kappa shape index (κ3) is 6.74. The molecular formula is C16H31N5O2. The van der Waals surface area contributed by atoms with Crippen molar-refractivity contribution >= 4 is 11.9 Å². The summed E-state index contributed by atoms with van der Waals surface area (Å²) in [6, 6.07) is 0. The first-order valence-electron chi connectivity index (χ1n) is 8.66. The molecule has 0 spiro atoms. The zero-order chi connectivity index (χ0) is 16.5. The molecule has 7 heteroatoms. The highest BCUT2D eigenvalue weighted by atomic mass is 16.5. The van der Waals surface area contributed by atoms with Crippen molar-refractivity contribution in [2.24, 2.45) is 10.9 Å². The normalized spacial score (nSPS) is 19.7. The van der Waals surface area contributed by atoms with Gasteiger partial charge in [0.05, 0.1) is 13.2 Å². The van der Waals surface area contributed by atoms with Crippen LogP contribution in [0.3, 0.4) is 0 Å². The largest absolute Gasteiger partial charge is 0.383 e. The average molecular weight is 325 g/mol. The number of piperazine rings is 1. The zero-order valence-electron chi connectivity index (χ0n) is 14.5. The van der Waals surface area contributed by atoms with E-state index in [1.807, 2.05) is 7.05 Å². The van der Waals surface area contributed by atoms with Gasteiger partial charge in [-0.15, -0.1) is 0 Å². The molecule has 0 aromatic heterocycles.